The summed E-state index contributed by atoms with van der Waals surface area (Å²) >= 11 is 1.81. The van der Waals surface area contributed by atoms with E-state index < -0.39 is 0 Å². The fourth-order valence-electron chi connectivity index (χ4n) is 1.72. The molecule has 2 unspecified atom stereocenters. The highest BCUT2D eigenvalue weighted by atomic mass is 32.2. The summed E-state index contributed by atoms with van der Waals surface area (Å²) in [6, 6.07) is 0.314. The predicted molar refractivity (Wildman–Crippen MR) is 66.6 cm³/mol. The molecular weight excluding hydrogens is 210 g/mol. The summed E-state index contributed by atoms with van der Waals surface area (Å²) in [5.74, 6) is 6.12. The molecule has 2 atom stereocenters. The van der Waals surface area contributed by atoms with Crippen molar-refractivity contribution in [3.8, 4) is 0 Å². The molecule has 3 N–H and O–H groups in total. The zero-order chi connectivity index (χ0) is 11.8. The van der Waals surface area contributed by atoms with Crippen molar-refractivity contribution in [2.45, 2.75) is 38.8 Å². The van der Waals surface area contributed by atoms with Crippen molar-refractivity contribution in [1.29, 1.82) is 0 Å². The molecule has 0 aliphatic carbocycles. The minimum Gasteiger partial charge on any atom is -0.293 e. The van der Waals surface area contributed by atoms with Crippen molar-refractivity contribution < 1.29 is 4.79 Å². The third kappa shape index (κ3) is 4.40. The van der Waals surface area contributed by atoms with Crippen LogP contribution in [-0.2, 0) is 4.79 Å². The summed E-state index contributed by atoms with van der Waals surface area (Å²) in [4.78, 5) is 13.6. The number of hydrogen-bond acceptors (Lipinski definition) is 4. The molecule has 0 fully saturated rings. The molecule has 0 saturated carbocycles. The zero-order valence-corrected chi connectivity index (χ0v) is 10.9. The van der Waals surface area contributed by atoms with Crippen LogP contribution in [0.25, 0.3) is 0 Å². The van der Waals surface area contributed by atoms with E-state index in [0.717, 1.165) is 18.6 Å². The van der Waals surface area contributed by atoms with Gasteiger partial charge in [0.05, 0.1) is 6.04 Å². The number of carbonyl (C=O) groups excluding carboxylic acids is 1. The Labute approximate surface area is 96.9 Å². The fraction of sp³-hybridized carbons (Fsp3) is 0.900. The molecule has 0 aromatic rings. The van der Waals surface area contributed by atoms with Crippen LogP contribution in [0.5, 0.6) is 0 Å². The molecular formula is C10H23N3OS. The quantitative estimate of drug-likeness (QED) is 0.388. The third-order valence-corrected chi connectivity index (χ3v) is 3.45. The fourth-order valence-corrected chi connectivity index (χ4v) is 2.58. The Hall–Kier alpha value is -0.260. The maximum Gasteiger partial charge on any atom is 0.251 e. The van der Waals surface area contributed by atoms with Gasteiger partial charge in [-0.25, -0.2) is 5.84 Å². The van der Waals surface area contributed by atoms with Gasteiger partial charge in [0.25, 0.3) is 5.91 Å². The summed E-state index contributed by atoms with van der Waals surface area (Å²) in [5, 5.41) is 0. The molecule has 0 bridgehead atoms. The van der Waals surface area contributed by atoms with Crippen LogP contribution in [0.2, 0.25) is 0 Å². The van der Waals surface area contributed by atoms with Crippen molar-refractivity contribution in [2.24, 2.45) is 5.84 Å². The first-order chi connectivity index (χ1) is 7.12. The predicted octanol–water partition coefficient (Wildman–Crippen LogP) is 0.828. The van der Waals surface area contributed by atoms with E-state index in [-0.39, 0.29) is 11.9 Å². The van der Waals surface area contributed by atoms with Gasteiger partial charge in [-0.15, -0.1) is 0 Å². The molecule has 5 heteroatoms. The molecule has 0 aliphatic rings. The van der Waals surface area contributed by atoms with Gasteiger partial charge < -0.3 is 0 Å². The van der Waals surface area contributed by atoms with E-state index in [1.54, 1.807) is 11.8 Å². The highest BCUT2D eigenvalue weighted by molar-refractivity contribution is 7.98. The van der Waals surface area contributed by atoms with Gasteiger partial charge in [0.1, 0.15) is 0 Å². The number of carbonyl (C=O) groups is 1. The number of nitrogens with one attached hydrogen (secondary N) is 1. The molecule has 15 heavy (non-hydrogen) atoms. The first-order valence-electron chi connectivity index (χ1n) is 5.33. The molecule has 0 rings (SSSR count). The van der Waals surface area contributed by atoms with Gasteiger partial charge in [-0.3, -0.25) is 15.1 Å². The standard InChI is InChI=1S/C10H23N3OS/c1-5-8(7-15-4)13(3)9(6-2)10(14)12-11/h8-9H,5-7,11H2,1-4H3,(H,12,14). The number of thioether (sulfide) groups is 1. The topological polar surface area (TPSA) is 58.4 Å². The summed E-state index contributed by atoms with van der Waals surface area (Å²) in [6.45, 7) is 4.15. The molecule has 0 saturated heterocycles. The Morgan fingerprint density at radius 2 is 2.07 bits per heavy atom. The number of nitrogens with two attached hydrogens (primary N) is 1. The van der Waals surface area contributed by atoms with Gasteiger partial charge in [-0.2, -0.15) is 11.8 Å². The van der Waals surface area contributed by atoms with Crippen LogP contribution in [0.3, 0.4) is 0 Å². The number of amides is 1. The molecule has 4 nitrogen and oxygen atoms in total. The third-order valence-electron chi connectivity index (χ3n) is 2.73. The van der Waals surface area contributed by atoms with Crippen LogP contribution in [0, 0.1) is 0 Å². The largest absolute Gasteiger partial charge is 0.293 e. The Balaban J connectivity index is 4.45. The van der Waals surface area contributed by atoms with Crippen LogP contribution in [0.1, 0.15) is 26.7 Å². The first kappa shape index (κ1) is 14.7. The van der Waals surface area contributed by atoms with Crippen molar-refractivity contribution in [3.05, 3.63) is 0 Å². The molecule has 1 amide bonds. The van der Waals surface area contributed by atoms with E-state index in [1.165, 1.54) is 0 Å². The van der Waals surface area contributed by atoms with Crippen LogP contribution in [0.4, 0.5) is 0 Å². The lowest BCUT2D eigenvalue weighted by molar-refractivity contribution is -0.126. The Morgan fingerprint density at radius 1 is 1.47 bits per heavy atom. The summed E-state index contributed by atoms with van der Waals surface area (Å²) in [5.41, 5.74) is 2.23. The monoisotopic (exact) mass is 233 g/mol. The number of rotatable bonds is 7. The van der Waals surface area contributed by atoms with Gasteiger partial charge in [-0.05, 0) is 26.1 Å². The number of hydrogen-bond donors (Lipinski definition) is 2. The van der Waals surface area contributed by atoms with Gasteiger partial charge in [-0.1, -0.05) is 13.8 Å². The Bertz CT molecular complexity index is 190. The molecule has 0 aromatic heterocycles. The maximum absolute atomic E-state index is 11.5. The summed E-state index contributed by atoms with van der Waals surface area (Å²) in [6.07, 6.45) is 3.91. The SMILES string of the molecule is CCC(CSC)N(C)C(CC)C(=O)NN. The second kappa shape index (κ2) is 7.96. The van der Waals surface area contributed by atoms with E-state index in [4.69, 9.17) is 5.84 Å². The smallest absolute Gasteiger partial charge is 0.251 e. The van der Waals surface area contributed by atoms with Crippen LogP contribution in [0.15, 0.2) is 0 Å². The van der Waals surface area contributed by atoms with Crippen molar-refractivity contribution in [1.82, 2.24) is 10.3 Å². The van der Waals surface area contributed by atoms with Crippen molar-refractivity contribution in [2.75, 3.05) is 19.1 Å². The second-order valence-corrected chi connectivity index (χ2v) is 4.53. The van der Waals surface area contributed by atoms with E-state index in [2.05, 4.69) is 23.5 Å². The second-order valence-electron chi connectivity index (χ2n) is 3.62. The Morgan fingerprint density at radius 3 is 2.40 bits per heavy atom. The molecule has 0 aliphatic heterocycles. The molecule has 0 spiro atoms. The van der Waals surface area contributed by atoms with Crippen LogP contribution in [-0.4, -0.2) is 41.9 Å². The highest BCUT2D eigenvalue weighted by Crippen LogP contribution is 2.13. The lowest BCUT2D eigenvalue weighted by Gasteiger charge is -2.32. The van der Waals surface area contributed by atoms with Crippen molar-refractivity contribution in [3.63, 3.8) is 0 Å². The number of hydrazine groups is 1. The Kier molecular flexibility index (Phi) is 7.82. The van der Waals surface area contributed by atoms with Crippen molar-refractivity contribution >= 4 is 17.7 Å². The van der Waals surface area contributed by atoms with E-state index in [0.29, 0.717) is 6.04 Å². The van der Waals surface area contributed by atoms with E-state index >= 15 is 0 Å². The number of likely N-dealkylation sites (N-methyl/N-ethyl adjacent to an activating group) is 1. The van der Waals surface area contributed by atoms with Crippen LogP contribution >= 0.6 is 11.8 Å². The maximum atomic E-state index is 11.5. The van der Waals surface area contributed by atoms with E-state index in [1.807, 2.05) is 14.0 Å². The molecule has 0 radical (unpaired) electrons. The highest BCUT2D eigenvalue weighted by Gasteiger charge is 2.25. The zero-order valence-electron chi connectivity index (χ0n) is 10.1. The normalized spacial score (nSPS) is 15.1. The van der Waals surface area contributed by atoms with Gasteiger partial charge in [0.2, 0.25) is 0 Å². The van der Waals surface area contributed by atoms with Gasteiger partial charge in [0, 0.05) is 11.8 Å². The molecule has 0 aromatic carbocycles. The molecule has 0 heterocycles. The average molecular weight is 233 g/mol. The summed E-state index contributed by atoms with van der Waals surface area (Å²) < 4.78 is 0. The lowest BCUT2D eigenvalue weighted by atomic mass is 10.1. The average Bonchev–Trinajstić information content (AvgIpc) is 2.26. The molecule has 90 valence electrons. The lowest BCUT2D eigenvalue weighted by Crippen LogP contribution is -2.51. The minimum absolute atomic E-state index is 0.0976. The summed E-state index contributed by atoms with van der Waals surface area (Å²) in [7, 11) is 1.99. The van der Waals surface area contributed by atoms with Crippen LogP contribution < -0.4 is 11.3 Å². The van der Waals surface area contributed by atoms with E-state index in [9.17, 15) is 4.79 Å². The van der Waals surface area contributed by atoms with Gasteiger partial charge in [0.15, 0.2) is 0 Å². The minimum atomic E-state index is -0.118. The number of nitrogens with zero attached hydrogens (tertiary/aromatic N) is 1. The van der Waals surface area contributed by atoms with Gasteiger partial charge >= 0.3 is 0 Å². The first-order valence-corrected chi connectivity index (χ1v) is 6.72.